The van der Waals surface area contributed by atoms with Gasteiger partial charge in [-0.3, -0.25) is 0 Å². The summed E-state index contributed by atoms with van der Waals surface area (Å²) in [5, 5.41) is 0.868. The number of nitrogen functional groups attached to an aromatic ring is 1. The van der Waals surface area contributed by atoms with Gasteiger partial charge in [-0.25, -0.2) is 9.97 Å². The molecule has 0 saturated heterocycles. The van der Waals surface area contributed by atoms with Gasteiger partial charge in [0.05, 0.1) is 0 Å². The zero-order valence-electron chi connectivity index (χ0n) is 8.64. The summed E-state index contributed by atoms with van der Waals surface area (Å²) in [6, 6.07) is 9.84. The van der Waals surface area contributed by atoms with Gasteiger partial charge in [0, 0.05) is 15.4 Å². The van der Waals surface area contributed by atoms with Crippen LogP contribution < -0.4 is 5.73 Å². The van der Waals surface area contributed by atoms with Gasteiger partial charge in [-0.1, -0.05) is 27.7 Å². The van der Waals surface area contributed by atoms with Gasteiger partial charge in [0.25, 0.3) is 0 Å². The van der Waals surface area contributed by atoms with Crippen molar-refractivity contribution >= 4 is 33.5 Å². The molecule has 2 aromatic rings. The van der Waals surface area contributed by atoms with Crippen LogP contribution in [0.3, 0.4) is 0 Å². The van der Waals surface area contributed by atoms with E-state index in [-0.39, 0.29) is 0 Å². The Labute approximate surface area is 107 Å². The van der Waals surface area contributed by atoms with Crippen molar-refractivity contribution in [3.05, 3.63) is 40.6 Å². The van der Waals surface area contributed by atoms with Crippen LogP contribution in [-0.2, 0) is 0 Å². The van der Waals surface area contributed by atoms with Crippen molar-refractivity contribution in [3.63, 3.8) is 0 Å². The first-order valence-corrected chi connectivity index (χ1v) is 6.29. The Morgan fingerprint density at radius 1 is 1.19 bits per heavy atom. The Balaban J connectivity index is 2.23. The lowest BCUT2D eigenvalue weighted by atomic mass is 10.4. The first kappa shape index (κ1) is 11.4. The van der Waals surface area contributed by atoms with E-state index in [0.29, 0.717) is 11.6 Å². The average molecular weight is 296 g/mol. The molecule has 1 aromatic heterocycles. The third-order valence-electron chi connectivity index (χ3n) is 1.87. The normalized spacial score (nSPS) is 10.4. The van der Waals surface area contributed by atoms with E-state index < -0.39 is 0 Å². The number of nitrogens with zero attached hydrogens (tertiary/aromatic N) is 2. The molecule has 0 aliphatic heterocycles. The minimum Gasteiger partial charge on any atom is -0.384 e. The number of hydrogen-bond donors (Lipinski definition) is 1. The lowest BCUT2D eigenvalue weighted by Gasteiger charge is -2.03. The second-order valence-corrected chi connectivity index (χ2v) is 5.24. The van der Waals surface area contributed by atoms with Gasteiger partial charge < -0.3 is 5.73 Å². The van der Waals surface area contributed by atoms with Crippen LogP contribution in [0.25, 0.3) is 0 Å². The summed E-state index contributed by atoms with van der Waals surface area (Å²) >= 11 is 4.97. The molecule has 0 unspecified atom stereocenters. The number of halogens is 1. The standard InChI is InChI=1S/C11H10BrN3S/c1-7-14-10(13)6-11(15-7)16-9-4-2-8(12)3-5-9/h2-6H,1H3,(H2,13,14,15). The van der Waals surface area contributed by atoms with Crippen molar-refractivity contribution in [1.82, 2.24) is 9.97 Å². The van der Waals surface area contributed by atoms with Crippen molar-refractivity contribution < 1.29 is 0 Å². The fraction of sp³-hybridized carbons (Fsp3) is 0.0909. The van der Waals surface area contributed by atoms with E-state index in [2.05, 4.69) is 25.9 Å². The monoisotopic (exact) mass is 295 g/mol. The van der Waals surface area contributed by atoms with Gasteiger partial charge in [-0.05, 0) is 31.2 Å². The Hall–Kier alpha value is -1.07. The Kier molecular flexibility index (Phi) is 3.46. The van der Waals surface area contributed by atoms with E-state index in [4.69, 9.17) is 5.73 Å². The van der Waals surface area contributed by atoms with Crippen LogP contribution in [0.2, 0.25) is 0 Å². The molecule has 1 aromatic carbocycles. The summed E-state index contributed by atoms with van der Waals surface area (Å²) in [5.74, 6) is 1.20. The molecule has 0 fully saturated rings. The lowest BCUT2D eigenvalue weighted by molar-refractivity contribution is 0.975. The number of hydrogen-bond acceptors (Lipinski definition) is 4. The molecule has 5 heteroatoms. The summed E-state index contributed by atoms with van der Waals surface area (Å²) in [5.41, 5.74) is 5.67. The van der Waals surface area contributed by atoms with Gasteiger partial charge in [-0.15, -0.1) is 0 Å². The minimum atomic E-state index is 0.507. The van der Waals surface area contributed by atoms with Crippen LogP contribution in [-0.4, -0.2) is 9.97 Å². The molecule has 0 spiro atoms. The Morgan fingerprint density at radius 2 is 1.88 bits per heavy atom. The third kappa shape index (κ3) is 2.96. The maximum atomic E-state index is 5.67. The van der Waals surface area contributed by atoms with Gasteiger partial charge in [0.1, 0.15) is 16.7 Å². The van der Waals surface area contributed by atoms with Crippen LogP contribution in [0.15, 0.2) is 44.7 Å². The molecule has 0 aliphatic carbocycles. The second kappa shape index (κ2) is 4.84. The highest BCUT2D eigenvalue weighted by Gasteiger charge is 2.01. The predicted octanol–water partition coefficient (Wildman–Crippen LogP) is 3.28. The van der Waals surface area contributed by atoms with Crippen molar-refractivity contribution in [2.24, 2.45) is 0 Å². The zero-order valence-corrected chi connectivity index (χ0v) is 11.0. The third-order valence-corrected chi connectivity index (χ3v) is 3.33. The van der Waals surface area contributed by atoms with E-state index in [1.54, 1.807) is 17.8 Å². The average Bonchev–Trinajstić information content (AvgIpc) is 2.20. The van der Waals surface area contributed by atoms with Crippen molar-refractivity contribution in [3.8, 4) is 0 Å². The maximum absolute atomic E-state index is 5.67. The quantitative estimate of drug-likeness (QED) is 0.864. The van der Waals surface area contributed by atoms with E-state index in [1.165, 1.54) is 0 Å². The van der Waals surface area contributed by atoms with E-state index in [9.17, 15) is 0 Å². The van der Waals surface area contributed by atoms with Crippen molar-refractivity contribution in [2.45, 2.75) is 16.8 Å². The summed E-state index contributed by atoms with van der Waals surface area (Å²) in [6.45, 7) is 1.84. The van der Waals surface area contributed by atoms with Crippen molar-refractivity contribution in [1.29, 1.82) is 0 Å². The predicted molar refractivity (Wildman–Crippen MR) is 69.4 cm³/mol. The van der Waals surface area contributed by atoms with Crippen LogP contribution in [0.1, 0.15) is 5.82 Å². The summed E-state index contributed by atoms with van der Waals surface area (Å²) < 4.78 is 1.07. The first-order chi connectivity index (χ1) is 7.63. The van der Waals surface area contributed by atoms with E-state index in [0.717, 1.165) is 14.4 Å². The molecule has 0 atom stereocenters. The summed E-state index contributed by atoms with van der Waals surface area (Å²) in [6.07, 6.45) is 0. The van der Waals surface area contributed by atoms with E-state index >= 15 is 0 Å². The minimum absolute atomic E-state index is 0.507. The zero-order chi connectivity index (χ0) is 11.5. The first-order valence-electron chi connectivity index (χ1n) is 4.68. The molecule has 0 aliphatic rings. The molecule has 2 rings (SSSR count). The maximum Gasteiger partial charge on any atom is 0.128 e. The largest absolute Gasteiger partial charge is 0.384 e. The van der Waals surface area contributed by atoms with E-state index in [1.807, 2.05) is 31.2 Å². The smallest absolute Gasteiger partial charge is 0.128 e. The highest BCUT2D eigenvalue weighted by Crippen LogP contribution is 2.27. The molecule has 0 amide bonds. The topological polar surface area (TPSA) is 51.8 Å². The number of benzene rings is 1. The van der Waals surface area contributed by atoms with Gasteiger partial charge in [0.15, 0.2) is 0 Å². The molecule has 0 radical (unpaired) electrons. The number of aryl methyl sites for hydroxylation is 1. The number of anilines is 1. The summed E-state index contributed by atoms with van der Waals surface area (Å²) in [7, 11) is 0. The molecular weight excluding hydrogens is 286 g/mol. The number of nitrogens with two attached hydrogens (primary N) is 1. The highest BCUT2D eigenvalue weighted by molar-refractivity contribution is 9.10. The van der Waals surface area contributed by atoms with Crippen LogP contribution >= 0.6 is 27.7 Å². The second-order valence-electron chi connectivity index (χ2n) is 3.23. The fourth-order valence-electron chi connectivity index (χ4n) is 1.24. The Morgan fingerprint density at radius 3 is 2.50 bits per heavy atom. The van der Waals surface area contributed by atoms with Crippen molar-refractivity contribution in [2.75, 3.05) is 5.73 Å². The molecule has 82 valence electrons. The number of rotatable bonds is 2. The number of aromatic nitrogens is 2. The molecule has 16 heavy (non-hydrogen) atoms. The van der Waals surface area contributed by atoms with Gasteiger partial charge in [-0.2, -0.15) is 0 Å². The van der Waals surface area contributed by atoms with Crippen LogP contribution in [0.4, 0.5) is 5.82 Å². The van der Waals surface area contributed by atoms with Crippen LogP contribution in [0, 0.1) is 6.92 Å². The highest BCUT2D eigenvalue weighted by atomic mass is 79.9. The fourth-order valence-corrected chi connectivity index (χ4v) is 2.37. The summed E-state index contributed by atoms with van der Waals surface area (Å²) in [4.78, 5) is 9.47. The Bertz CT molecular complexity index is 479. The van der Waals surface area contributed by atoms with Gasteiger partial charge >= 0.3 is 0 Å². The molecule has 0 bridgehead atoms. The molecular formula is C11H10BrN3S. The molecule has 1 heterocycles. The SMILES string of the molecule is Cc1nc(N)cc(Sc2ccc(Br)cc2)n1. The van der Waals surface area contributed by atoms with Crippen LogP contribution in [0.5, 0.6) is 0 Å². The molecule has 3 nitrogen and oxygen atoms in total. The van der Waals surface area contributed by atoms with Gasteiger partial charge in [0.2, 0.25) is 0 Å². The molecule has 0 saturated carbocycles. The lowest BCUT2D eigenvalue weighted by Crippen LogP contribution is -1.96. The molecule has 2 N–H and O–H groups in total.